The van der Waals surface area contributed by atoms with E-state index >= 15 is 0 Å². The maximum absolute atomic E-state index is 13.2. The van der Waals surface area contributed by atoms with Crippen LogP contribution in [0.4, 0.5) is 8.78 Å². The van der Waals surface area contributed by atoms with Crippen molar-refractivity contribution < 1.29 is 18.7 Å². The summed E-state index contributed by atoms with van der Waals surface area (Å²) in [4.78, 5) is 10.6. The lowest BCUT2D eigenvalue weighted by atomic mass is 9.81. The Morgan fingerprint density at radius 2 is 2.00 bits per heavy atom. The monoisotopic (exact) mass is 248 g/mol. The third-order valence-electron chi connectivity index (χ3n) is 2.36. The largest absolute Gasteiger partial charge is 0.481 e. The van der Waals surface area contributed by atoms with Crippen LogP contribution in [-0.2, 0) is 10.2 Å². The second kappa shape index (κ2) is 4.37. The lowest BCUT2D eigenvalue weighted by Gasteiger charge is -2.24. The number of rotatable bonds is 3. The summed E-state index contributed by atoms with van der Waals surface area (Å²) in [5, 5.41) is 8.36. The zero-order chi connectivity index (χ0) is 12.5. The first-order valence-electron chi connectivity index (χ1n) is 4.61. The molecule has 1 rings (SSSR count). The van der Waals surface area contributed by atoms with Gasteiger partial charge in [-0.3, -0.25) is 4.79 Å². The molecule has 16 heavy (non-hydrogen) atoms. The first-order valence-corrected chi connectivity index (χ1v) is 4.99. The lowest BCUT2D eigenvalue weighted by Crippen LogP contribution is -2.22. The van der Waals surface area contributed by atoms with Gasteiger partial charge >= 0.3 is 5.97 Å². The minimum Gasteiger partial charge on any atom is -0.481 e. The van der Waals surface area contributed by atoms with Crippen LogP contribution in [-0.4, -0.2) is 11.1 Å². The number of aliphatic carboxylic acids is 1. The van der Waals surface area contributed by atoms with Crippen LogP contribution in [0.2, 0.25) is 5.02 Å². The molecule has 1 N–H and O–H groups in total. The van der Waals surface area contributed by atoms with Crippen LogP contribution in [0.25, 0.3) is 0 Å². The van der Waals surface area contributed by atoms with Crippen LogP contribution in [0.3, 0.4) is 0 Å². The van der Waals surface area contributed by atoms with Crippen molar-refractivity contribution in [2.24, 2.45) is 0 Å². The fourth-order valence-electron chi connectivity index (χ4n) is 1.52. The van der Waals surface area contributed by atoms with E-state index in [4.69, 9.17) is 16.7 Å². The van der Waals surface area contributed by atoms with Gasteiger partial charge in [0.05, 0.1) is 11.4 Å². The van der Waals surface area contributed by atoms with Gasteiger partial charge in [-0.05, 0) is 11.6 Å². The van der Waals surface area contributed by atoms with Crippen molar-refractivity contribution in [3.05, 3.63) is 34.4 Å². The summed E-state index contributed by atoms with van der Waals surface area (Å²) in [6, 6.07) is 2.25. The fraction of sp³-hybridized carbons (Fsp3) is 0.364. The molecule has 5 heteroatoms. The second-order valence-corrected chi connectivity index (χ2v) is 4.56. The first-order chi connectivity index (χ1) is 7.25. The van der Waals surface area contributed by atoms with Crippen molar-refractivity contribution >= 4 is 17.6 Å². The maximum atomic E-state index is 13.2. The Hall–Kier alpha value is -1.16. The molecule has 1 aromatic carbocycles. The van der Waals surface area contributed by atoms with Gasteiger partial charge in [0, 0.05) is 5.41 Å². The second-order valence-electron chi connectivity index (χ2n) is 4.18. The molecule has 0 spiro atoms. The van der Waals surface area contributed by atoms with Crippen LogP contribution < -0.4 is 0 Å². The third kappa shape index (κ3) is 2.50. The number of carboxylic acids is 1. The summed E-state index contributed by atoms with van der Waals surface area (Å²) in [5.74, 6) is -3.21. The molecule has 0 aromatic heterocycles. The average molecular weight is 249 g/mol. The molecule has 0 bridgehead atoms. The third-order valence-corrected chi connectivity index (χ3v) is 2.73. The Morgan fingerprint density at radius 1 is 1.44 bits per heavy atom. The summed E-state index contributed by atoms with van der Waals surface area (Å²) >= 11 is 5.66. The smallest absolute Gasteiger partial charge is 0.304 e. The summed E-state index contributed by atoms with van der Waals surface area (Å²) in [6.07, 6.45) is -0.211. The molecule has 0 unspecified atom stereocenters. The summed E-state index contributed by atoms with van der Waals surface area (Å²) < 4.78 is 26.0. The minimum absolute atomic E-state index is 0.211. The van der Waals surface area contributed by atoms with Crippen LogP contribution in [0, 0.1) is 11.6 Å². The SMILES string of the molecule is CC(C)(CC(=O)O)c1ccc(F)c(F)c1Cl. The Balaban J connectivity index is 3.23. The number of hydrogen-bond donors (Lipinski definition) is 1. The number of hydrogen-bond acceptors (Lipinski definition) is 1. The number of halogens is 3. The predicted molar refractivity (Wildman–Crippen MR) is 56.6 cm³/mol. The van der Waals surface area contributed by atoms with Gasteiger partial charge in [0.15, 0.2) is 11.6 Å². The molecule has 0 saturated carbocycles. The van der Waals surface area contributed by atoms with E-state index in [1.54, 1.807) is 13.8 Å². The molecule has 0 saturated heterocycles. The van der Waals surface area contributed by atoms with E-state index in [1.165, 1.54) is 6.07 Å². The minimum atomic E-state index is -1.14. The molecular formula is C11H11ClF2O2. The fourth-order valence-corrected chi connectivity index (χ4v) is 1.93. The van der Waals surface area contributed by atoms with Crippen molar-refractivity contribution in [1.82, 2.24) is 0 Å². The molecule has 0 heterocycles. The molecule has 0 aliphatic carbocycles. The quantitative estimate of drug-likeness (QED) is 0.833. The average Bonchev–Trinajstić information content (AvgIpc) is 2.11. The number of benzene rings is 1. The van der Waals surface area contributed by atoms with Gasteiger partial charge in [0.2, 0.25) is 0 Å². The molecule has 0 aliphatic rings. The topological polar surface area (TPSA) is 37.3 Å². The highest BCUT2D eigenvalue weighted by Crippen LogP contribution is 2.34. The Bertz CT molecular complexity index is 430. The summed E-state index contributed by atoms with van der Waals surface area (Å²) in [6.45, 7) is 3.22. The van der Waals surface area contributed by atoms with Crippen LogP contribution >= 0.6 is 11.6 Å². The first kappa shape index (κ1) is 12.9. The van der Waals surface area contributed by atoms with Crippen LogP contribution in [0.15, 0.2) is 12.1 Å². The normalized spacial score (nSPS) is 11.6. The van der Waals surface area contributed by atoms with Gasteiger partial charge in [0.1, 0.15) is 0 Å². The molecule has 88 valence electrons. The van der Waals surface area contributed by atoms with Gasteiger partial charge < -0.3 is 5.11 Å². The van der Waals surface area contributed by atoms with Crippen molar-refractivity contribution in [1.29, 1.82) is 0 Å². The predicted octanol–water partition coefficient (Wildman–Crippen LogP) is 3.37. The van der Waals surface area contributed by atoms with E-state index in [2.05, 4.69) is 0 Å². The molecule has 0 radical (unpaired) electrons. The van der Waals surface area contributed by atoms with Crippen LogP contribution in [0.1, 0.15) is 25.8 Å². The van der Waals surface area contributed by atoms with Gasteiger partial charge in [0.25, 0.3) is 0 Å². The highest BCUT2D eigenvalue weighted by molar-refractivity contribution is 6.31. The molecule has 0 fully saturated rings. The van der Waals surface area contributed by atoms with Crippen molar-refractivity contribution in [2.45, 2.75) is 25.7 Å². The van der Waals surface area contributed by atoms with Gasteiger partial charge in [-0.25, -0.2) is 8.78 Å². The van der Waals surface area contributed by atoms with E-state index in [-0.39, 0.29) is 17.0 Å². The van der Waals surface area contributed by atoms with Crippen molar-refractivity contribution in [2.75, 3.05) is 0 Å². The van der Waals surface area contributed by atoms with Gasteiger partial charge in [-0.1, -0.05) is 31.5 Å². The number of carboxylic acid groups (broad SMARTS) is 1. The van der Waals surface area contributed by atoms with E-state index in [9.17, 15) is 13.6 Å². The Morgan fingerprint density at radius 3 is 2.50 bits per heavy atom. The number of carbonyl (C=O) groups is 1. The Labute approximate surface area is 96.8 Å². The summed E-state index contributed by atoms with van der Waals surface area (Å²) in [5.41, 5.74) is -0.562. The van der Waals surface area contributed by atoms with Crippen molar-refractivity contribution in [3.63, 3.8) is 0 Å². The zero-order valence-corrected chi connectivity index (χ0v) is 9.61. The maximum Gasteiger partial charge on any atom is 0.304 e. The highest BCUT2D eigenvalue weighted by Gasteiger charge is 2.28. The molecule has 0 amide bonds. The molecule has 1 aromatic rings. The standard InChI is InChI=1S/C11H11ClF2O2/c1-11(2,5-8(15)16)6-3-4-7(13)10(14)9(6)12/h3-4H,5H2,1-2H3,(H,15,16). The van der Waals surface area contributed by atoms with E-state index < -0.39 is 23.0 Å². The van der Waals surface area contributed by atoms with Gasteiger partial charge in [-0.15, -0.1) is 0 Å². The van der Waals surface area contributed by atoms with Gasteiger partial charge in [-0.2, -0.15) is 0 Å². The van der Waals surface area contributed by atoms with Crippen molar-refractivity contribution in [3.8, 4) is 0 Å². The zero-order valence-electron chi connectivity index (χ0n) is 8.85. The lowest BCUT2D eigenvalue weighted by molar-refractivity contribution is -0.138. The molecular weight excluding hydrogens is 238 g/mol. The molecule has 0 aliphatic heterocycles. The van der Waals surface area contributed by atoms with Crippen LogP contribution in [0.5, 0.6) is 0 Å². The summed E-state index contributed by atoms with van der Waals surface area (Å²) in [7, 11) is 0. The molecule has 0 atom stereocenters. The van der Waals surface area contributed by atoms with E-state index in [0.29, 0.717) is 0 Å². The van der Waals surface area contributed by atoms with E-state index in [0.717, 1.165) is 6.07 Å². The Kier molecular flexibility index (Phi) is 3.53. The molecule has 2 nitrogen and oxygen atoms in total. The van der Waals surface area contributed by atoms with E-state index in [1.807, 2.05) is 0 Å². The highest BCUT2D eigenvalue weighted by atomic mass is 35.5.